The minimum Gasteiger partial charge on any atom is -0.208 e. The average molecular weight is 826 g/mol. The molecule has 5 heteroatoms. The summed E-state index contributed by atoms with van der Waals surface area (Å²) in [6.45, 7) is 0. The molecule has 3 nitrogen and oxygen atoms in total. The van der Waals surface area contributed by atoms with E-state index in [4.69, 9.17) is 15.0 Å². The third kappa shape index (κ3) is 6.47. The summed E-state index contributed by atoms with van der Waals surface area (Å²) >= 11 is 3.67. The van der Waals surface area contributed by atoms with Crippen molar-refractivity contribution in [2.75, 3.05) is 0 Å². The number of aromatic nitrogens is 3. The molecule has 0 aliphatic rings. The summed E-state index contributed by atoms with van der Waals surface area (Å²) in [5.74, 6) is 1.87. The summed E-state index contributed by atoms with van der Waals surface area (Å²) in [7, 11) is 0. The second-order valence-electron chi connectivity index (χ2n) is 15.5. The van der Waals surface area contributed by atoms with E-state index >= 15 is 0 Å². The lowest BCUT2D eigenvalue weighted by Crippen LogP contribution is -2.01. The molecular weight excluding hydrogens is 791 g/mol. The van der Waals surface area contributed by atoms with E-state index in [0.29, 0.717) is 17.5 Å². The Balaban J connectivity index is 1.10. The maximum atomic E-state index is 5.41. The van der Waals surface area contributed by atoms with Gasteiger partial charge in [0.15, 0.2) is 17.5 Å². The Labute approximate surface area is 366 Å². The van der Waals surface area contributed by atoms with Gasteiger partial charge in [-0.2, -0.15) is 0 Å². The third-order valence-electron chi connectivity index (χ3n) is 11.8. The number of hydrogen-bond acceptors (Lipinski definition) is 5. The SMILES string of the molecule is c1ccc(-c2ccc(-c3nc(-c4cccc(-c5ccccc5)c4)nc(-c4cc(-c5ccc6sc7ccccc7c6c5)ccc4-c4cccc5sc6ccccc6c45)n3)cc2)cc1. The minimum atomic E-state index is 0.622. The van der Waals surface area contributed by atoms with Gasteiger partial charge in [0, 0.05) is 57.0 Å². The van der Waals surface area contributed by atoms with Gasteiger partial charge >= 0.3 is 0 Å². The molecule has 62 heavy (non-hydrogen) atoms. The first-order chi connectivity index (χ1) is 30.7. The van der Waals surface area contributed by atoms with E-state index in [1.54, 1.807) is 0 Å². The molecule has 0 aliphatic heterocycles. The molecule has 0 bridgehead atoms. The molecule has 12 aromatic rings. The molecule has 0 aliphatic carbocycles. The van der Waals surface area contributed by atoms with E-state index in [2.05, 4.69) is 200 Å². The minimum absolute atomic E-state index is 0.622. The van der Waals surface area contributed by atoms with E-state index < -0.39 is 0 Å². The van der Waals surface area contributed by atoms with Gasteiger partial charge in [-0.25, -0.2) is 15.0 Å². The van der Waals surface area contributed by atoms with E-state index in [-0.39, 0.29) is 0 Å². The summed E-state index contributed by atoms with van der Waals surface area (Å²) in [5, 5.41) is 5.05. The number of fused-ring (bicyclic) bond motifs is 6. The van der Waals surface area contributed by atoms with Crippen molar-refractivity contribution in [3.8, 4) is 78.7 Å². The fraction of sp³-hybridized carbons (Fsp3) is 0. The van der Waals surface area contributed by atoms with Gasteiger partial charge in [0.2, 0.25) is 0 Å². The molecule has 0 N–H and O–H groups in total. The summed E-state index contributed by atoms with van der Waals surface area (Å²) in [4.78, 5) is 16.1. The molecule has 0 saturated heterocycles. The molecule has 0 spiro atoms. The van der Waals surface area contributed by atoms with Crippen molar-refractivity contribution in [3.05, 3.63) is 212 Å². The zero-order valence-corrected chi connectivity index (χ0v) is 35.0. The van der Waals surface area contributed by atoms with Crippen molar-refractivity contribution in [2.45, 2.75) is 0 Å². The van der Waals surface area contributed by atoms with Crippen LogP contribution in [0.2, 0.25) is 0 Å². The molecule has 3 heterocycles. The van der Waals surface area contributed by atoms with Crippen LogP contribution in [0.25, 0.3) is 119 Å². The highest BCUT2D eigenvalue weighted by atomic mass is 32.1. The molecule has 0 atom stereocenters. The largest absolute Gasteiger partial charge is 0.208 e. The van der Waals surface area contributed by atoms with Crippen molar-refractivity contribution >= 4 is 63.0 Å². The second-order valence-corrected chi connectivity index (χ2v) is 17.7. The Morgan fingerprint density at radius 1 is 0.242 bits per heavy atom. The molecule has 0 radical (unpaired) electrons. The zero-order chi connectivity index (χ0) is 41.0. The fourth-order valence-corrected chi connectivity index (χ4v) is 10.9. The van der Waals surface area contributed by atoms with Crippen LogP contribution in [0.4, 0.5) is 0 Å². The Bertz CT molecular complexity index is 3630. The van der Waals surface area contributed by atoms with E-state index in [9.17, 15) is 0 Å². The van der Waals surface area contributed by atoms with Crippen molar-refractivity contribution in [1.29, 1.82) is 0 Å². The van der Waals surface area contributed by atoms with Crippen LogP contribution in [-0.2, 0) is 0 Å². The van der Waals surface area contributed by atoms with Crippen molar-refractivity contribution < 1.29 is 0 Å². The first kappa shape index (κ1) is 36.3. The van der Waals surface area contributed by atoms with Gasteiger partial charge in [-0.3, -0.25) is 0 Å². The molecule has 0 unspecified atom stereocenters. The number of nitrogens with zero attached hydrogens (tertiary/aromatic N) is 3. The van der Waals surface area contributed by atoms with Gasteiger partial charge in [0.1, 0.15) is 0 Å². The Morgan fingerprint density at radius 3 is 1.52 bits per heavy atom. The predicted octanol–water partition coefficient (Wildman–Crippen LogP) is 16.3. The number of thiophene rings is 2. The smallest absolute Gasteiger partial charge is 0.164 e. The highest BCUT2D eigenvalue weighted by molar-refractivity contribution is 7.26. The lowest BCUT2D eigenvalue weighted by atomic mass is 9.91. The molecule has 0 amide bonds. The summed E-state index contributed by atoms with van der Waals surface area (Å²) < 4.78 is 5.10. The van der Waals surface area contributed by atoms with Crippen LogP contribution in [0.3, 0.4) is 0 Å². The Hall–Kier alpha value is -7.57. The zero-order valence-electron chi connectivity index (χ0n) is 33.4. The van der Waals surface area contributed by atoms with Crippen LogP contribution in [-0.4, -0.2) is 15.0 Å². The maximum absolute atomic E-state index is 5.41. The second kappa shape index (κ2) is 15.2. The van der Waals surface area contributed by atoms with Gasteiger partial charge in [-0.1, -0.05) is 170 Å². The molecule has 12 rings (SSSR count). The lowest BCUT2D eigenvalue weighted by molar-refractivity contribution is 1.07. The number of rotatable bonds is 7. The van der Waals surface area contributed by atoms with E-state index in [1.165, 1.54) is 45.9 Å². The van der Waals surface area contributed by atoms with Crippen LogP contribution in [0, 0.1) is 0 Å². The monoisotopic (exact) mass is 825 g/mol. The van der Waals surface area contributed by atoms with Gasteiger partial charge in [0.25, 0.3) is 0 Å². The van der Waals surface area contributed by atoms with E-state index in [1.807, 2.05) is 34.8 Å². The van der Waals surface area contributed by atoms with Crippen LogP contribution >= 0.6 is 22.7 Å². The van der Waals surface area contributed by atoms with Crippen molar-refractivity contribution in [3.63, 3.8) is 0 Å². The average Bonchev–Trinajstić information content (AvgIpc) is 3.93. The standard InChI is InChI=1S/C57H35N3S2/c1-3-13-36(14-4-1)38-25-27-39(28-26-38)55-58-56(43-18-11-17-40(33-43)37-15-5-2-6-16-37)60-57(59-55)49-35-41(42-30-32-52-48(34-42)45-19-7-9-22-50(45)61-52)29-31-44(49)46-21-12-24-53-54(46)47-20-8-10-23-51(47)62-53/h1-35H. The third-order valence-corrected chi connectivity index (χ3v) is 14.1. The quantitative estimate of drug-likeness (QED) is 0.161. The normalized spacial score (nSPS) is 11.5. The highest BCUT2D eigenvalue weighted by Crippen LogP contribution is 2.44. The van der Waals surface area contributed by atoms with Crippen molar-refractivity contribution in [2.24, 2.45) is 0 Å². The lowest BCUT2D eigenvalue weighted by Gasteiger charge is -2.15. The Kier molecular flexibility index (Phi) is 8.87. The van der Waals surface area contributed by atoms with Crippen molar-refractivity contribution in [1.82, 2.24) is 15.0 Å². The van der Waals surface area contributed by atoms with Gasteiger partial charge < -0.3 is 0 Å². The van der Waals surface area contributed by atoms with Gasteiger partial charge in [0.05, 0.1) is 0 Å². The van der Waals surface area contributed by atoms with Crippen LogP contribution in [0.5, 0.6) is 0 Å². The summed E-state index contributed by atoms with van der Waals surface area (Å²) in [5.41, 5.74) is 11.8. The number of benzene rings is 9. The topological polar surface area (TPSA) is 38.7 Å². The molecule has 290 valence electrons. The first-order valence-electron chi connectivity index (χ1n) is 20.7. The maximum Gasteiger partial charge on any atom is 0.164 e. The van der Waals surface area contributed by atoms with Gasteiger partial charge in [-0.15, -0.1) is 22.7 Å². The Morgan fingerprint density at radius 2 is 0.726 bits per heavy atom. The number of hydrogen-bond donors (Lipinski definition) is 0. The highest BCUT2D eigenvalue weighted by Gasteiger charge is 2.20. The molecule has 0 saturated carbocycles. The predicted molar refractivity (Wildman–Crippen MR) is 264 cm³/mol. The van der Waals surface area contributed by atoms with Crippen LogP contribution in [0.1, 0.15) is 0 Å². The van der Waals surface area contributed by atoms with Crippen LogP contribution < -0.4 is 0 Å². The molecule has 3 aromatic heterocycles. The summed E-state index contributed by atoms with van der Waals surface area (Å²) in [6, 6.07) is 75.8. The molecular formula is C57H35N3S2. The van der Waals surface area contributed by atoms with Crippen LogP contribution in [0.15, 0.2) is 212 Å². The fourth-order valence-electron chi connectivity index (χ4n) is 8.71. The van der Waals surface area contributed by atoms with E-state index in [0.717, 1.165) is 55.6 Å². The first-order valence-corrected chi connectivity index (χ1v) is 22.4. The molecule has 0 fully saturated rings. The molecule has 9 aromatic carbocycles. The van der Waals surface area contributed by atoms with Gasteiger partial charge in [-0.05, 0) is 87.0 Å². The summed E-state index contributed by atoms with van der Waals surface area (Å²) in [6.07, 6.45) is 0.